The van der Waals surface area contributed by atoms with E-state index < -0.39 is 11.9 Å². The maximum atomic E-state index is 13.0. The van der Waals surface area contributed by atoms with Crippen molar-refractivity contribution in [3.63, 3.8) is 0 Å². The molecule has 2 aliphatic heterocycles. The highest BCUT2D eigenvalue weighted by molar-refractivity contribution is 5.69. The minimum absolute atomic E-state index is 0.130. The number of carbonyl (C=O) groups is 1. The van der Waals surface area contributed by atoms with E-state index in [-0.39, 0.29) is 30.1 Å². The van der Waals surface area contributed by atoms with Crippen molar-refractivity contribution in [3.05, 3.63) is 54.0 Å². The number of benzene rings is 1. The standard InChI is InChI=1S/C24H30F3N5O2/c1-17-15-32(18(2)14-31(17)22-13-28-12-21(29-22)24(25,26)27)23(33)34-20-8-10-30(11-9-20)16-19-6-4-3-5-7-19/h3-7,12-13,17-18,20H,8-11,14-16H2,1-2H3/t17-,18+/m0/s1. The predicted molar refractivity (Wildman–Crippen MR) is 121 cm³/mol. The van der Waals surface area contributed by atoms with Gasteiger partial charge in [-0.2, -0.15) is 13.2 Å². The average molecular weight is 478 g/mol. The van der Waals surface area contributed by atoms with Crippen LogP contribution < -0.4 is 4.90 Å². The summed E-state index contributed by atoms with van der Waals surface area (Å²) in [5.74, 6) is 0.160. The Morgan fingerprint density at radius 2 is 1.76 bits per heavy atom. The second-order valence-electron chi connectivity index (χ2n) is 9.11. The average Bonchev–Trinajstić information content (AvgIpc) is 2.82. The van der Waals surface area contributed by atoms with Crippen molar-refractivity contribution < 1.29 is 22.7 Å². The molecule has 1 amide bonds. The van der Waals surface area contributed by atoms with Crippen molar-refractivity contribution in [2.24, 2.45) is 0 Å². The molecule has 7 nitrogen and oxygen atoms in total. The SMILES string of the molecule is C[C@@H]1CN(c2cncc(C(F)(F)F)n2)[C@@H](C)CN1C(=O)OC1CCN(Cc2ccccc2)CC1. The van der Waals surface area contributed by atoms with E-state index >= 15 is 0 Å². The molecule has 1 aromatic heterocycles. The summed E-state index contributed by atoms with van der Waals surface area (Å²) in [7, 11) is 0. The molecule has 2 aromatic rings. The van der Waals surface area contributed by atoms with Gasteiger partial charge in [-0.15, -0.1) is 0 Å². The molecule has 2 atom stereocenters. The molecule has 1 aromatic carbocycles. The lowest BCUT2D eigenvalue weighted by Crippen LogP contribution is -2.59. The van der Waals surface area contributed by atoms with Crippen molar-refractivity contribution in [3.8, 4) is 0 Å². The van der Waals surface area contributed by atoms with Gasteiger partial charge in [-0.25, -0.2) is 9.78 Å². The van der Waals surface area contributed by atoms with Gasteiger partial charge in [0.25, 0.3) is 0 Å². The summed E-state index contributed by atoms with van der Waals surface area (Å²) < 4.78 is 44.9. The van der Waals surface area contributed by atoms with E-state index in [1.165, 1.54) is 11.8 Å². The highest BCUT2D eigenvalue weighted by Crippen LogP contribution is 2.30. The Balaban J connectivity index is 1.30. The van der Waals surface area contributed by atoms with Gasteiger partial charge in [-0.05, 0) is 32.3 Å². The van der Waals surface area contributed by atoms with Crippen molar-refractivity contribution in [1.82, 2.24) is 19.8 Å². The van der Waals surface area contributed by atoms with Gasteiger partial charge in [0.1, 0.15) is 11.9 Å². The van der Waals surface area contributed by atoms with Crippen LogP contribution in [-0.2, 0) is 17.5 Å². The molecule has 0 saturated carbocycles. The minimum atomic E-state index is -4.56. The van der Waals surface area contributed by atoms with Crippen molar-refractivity contribution in [2.75, 3.05) is 31.1 Å². The second kappa shape index (κ2) is 10.2. The van der Waals surface area contributed by atoms with Gasteiger partial charge in [-0.1, -0.05) is 30.3 Å². The first kappa shape index (κ1) is 24.3. The molecule has 2 saturated heterocycles. The van der Waals surface area contributed by atoms with Crippen LogP contribution in [0.2, 0.25) is 0 Å². The molecule has 3 heterocycles. The molecule has 0 bridgehead atoms. The quantitative estimate of drug-likeness (QED) is 0.658. The Morgan fingerprint density at radius 1 is 1.06 bits per heavy atom. The van der Waals surface area contributed by atoms with E-state index in [0.29, 0.717) is 13.1 Å². The number of nitrogens with zero attached hydrogens (tertiary/aromatic N) is 5. The molecular formula is C24H30F3N5O2. The van der Waals surface area contributed by atoms with Crippen LogP contribution in [-0.4, -0.2) is 70.2 Å². The van der Waals surface area contributed by atoms with Crippen molar-refractivity contribution in [2.45, 2.75) is 57.6 Å². The zero-order chi connectivity index (χ0) is 24.3. The number of aromatic nitrogens is 2. The lowest BCUT2D eigenvalue weighted by Gasteiger charge is -2.44. The van der Waals surface area contributed by atoms with Gasteiger partial charge in [0.2, 0.25) is 0 Å². The molecule has 2 fully saturated rings. The van der Waals surface area contributed by atoms with Crippen LogP contribution in [0.5, 0.6) is 0 Å². The summed E-state index contributed by atoms with van der Waals surface area (Å²) in [4.78, 5) is 26.2. The first-order valence-electron chi connectivity index (χ1n) is 11.6. The molecule has 34 heavy (non-hydrogen) atoms. The molecule has 0 unspecified atom stereocenters. The summed E-state index contributed by atoms with van der Waals surface area (Å²) >= 11 is 0. The number of piperazine rings is 1. The first-order chi connectivity index (χ1) is 16.2. The maximum Gasteiger partial charge on any atom is 0.434 e. The summed E-state index contributed by atoms with van der Waals surface area (Å²) in [5, 5.41) is 0. The molecule has 184 valence electrons. The van der Waals surface area contributed by atoms with Gasteiger partial charge in [-0.3, -0.25) is 9.88 Å². The lowest BCUT2D eigenvalue weighted by molar-refractivity contribution is -0.141. The number of halogens is 3. The highest BCUT2D eigenvalue weighted by Gasteiger charge is 2.37. The van der Waals surface area contributed by atoms with Gasteiger partial charge in [0.15, 0.2) is 5.69 Å². The number of likely N-dealkylation sites (tertiary alicyclic amines) is 1. The maximum absolute atomic E-state index is 13.0. The Labute approximate surface area is 197 Å². The van der Waals surface area contributed by atoms with Crippen molar-refractivity contribution >= 4 is 11.9 Å². The third-order valence-corrected chi connectivity index (χ3v) is 6.48. The summed E-state index contributed by atoms with van der Waals surface area (Å²) in [5.41, 5.74) is 0.245. The largest absolute Gasteiger partial charge is 0.446 e. The Morgan fingerprint density at radius 3 is 2.44 bits per heavy atom. The van der Waals surface area contributed by atoms with Gasteiger partial charge >= 0.3 is 12.3 Å². The number of alkyl halides is 3. The highest BCUT2D eigenvalue weighted by atomic mass is 19.4. The van der Waals surface area contributed by atoms with E-state index in [1.54, 1.807) is 9.80 Å². The van der Waals surface area contributed by atoms with E-state index in [1.807, 2.05) is 32.0 Å². The van der Waals surface area contributed by atoms with E-state index in [0.717, 1.165) is 38.7 Å². The normalized spacial score (nSPS) is 22.6. The molecule has 2 aliphatic rings. The Kier molecular flexibility index (Phi) is 7.25. The predicted octanol–water partition coefficient (Wildman–Crippen LogP) is 4.20. The van der Waals surface area contributed by atoms with Crippen molar-refractivity contribution in [1.29, 1.82) is 0 Å². The lowest BCUT2D eigenvalue weighted by atomic mass is 10.1. The van der Waals surface area contributed by atoms with Crippen LogP contribution in [0.3, 0.4) is 0 Å². The first-order valence-corrected chi connectivity index (χ1v) is 11.6. The number of hydrogen-bond donors (Lipinski definition) is 0. The summed E-state index contributed by atoms with van der Waals surface area (Å²) in [6.07, 6.45) is -1.44. The summed E-state index contributed by atoms with van der Waals surface area (Å²) in [6, 6.07) is 9.83. The number of anilines is 1. The summed E-state index contributed by atoms with van der Waals surface area (Å²) in [6.45, 7) is 7.02. The molecule has 4 rings (SSSR count). The second-order valence-corrected chi connectivity index (χ2v) is 9.11. The Bertz CT molecular complexity index is 967. The molecule has 0 spiro atoms. The minimum Gasteiger partial charge on any atom is -0.446 e. The molecule has 10 heteroatoms. The van der Waals surface area contributed by atoms with Crippen LogP contribution in [0.4, 0.5) is 23.8 Å². The fourth-order valence-corrected chi connectivity index (χ4v) is 4.57. The smallest absolute Gasteiger partial charge is 0.434 e. The van der Waals surface area contributed by atoms with Crippen LogP contribution in [0.25, 0.3) is 0 Å². The Hall–Kier alpha value is -2.88. The number of ether oxygens (including phenoxy) is 1. The third-order valence-electron chi connectivity index (χ3n) is 6.48. The molecular weight excluding hydrogens is 447 g/mol. The van der Waals surface area contributed by atoms with Crippen LogP contribution >= 0.6 is 0 Å². The molecule has 0 radical (unpaired) electrons. The van der Waals surface area contributed by atoms with E-state index in [4.69, 9.17) is 4.74 Å². The van der Waals surface area contributed by atoms with Gasteiger partial charge in [0, 0.05) is 44.8 Å². The van der Waals surface area contributed by atoms with Gasteiger partial charge < -0.3 is 14.5 Å². The number of amides is 1. The number of piperidine rings is 1. The zero-order valence-electron chi connectivity index (χ0n) is 19.4. The third kappa shape index (κ3) is 5.78. The molecule has 0 N–H and O–H groups in total. The van der Waals surface area contributed by atoms with Crippen LogP contribution in [0, 0.1) is 0 Å². The number of rotatable bonds is 4. The van der Waals surface area contributed by atoms with Crippen LogP contribution in [0.15, 0.2) is 42.7 Å². The number of carbonyl (C=O) groups excluding carboxylic acids is 1. The fourth-order valence-electron chi connectivity index (χ4n) is 4.57. The van der Waals surface area contributed by atoms with E-state index in [2.05, 4.69) is 27.0 Å². The fraction of sp³-hybridized carbons (Fsp3) is 0.542. The van der Waals surface area contributed by atoms with E-state index in [9.17, 15) is 18.0 Å². The van der Waals surface area contributed by atoms with Gasteiger partial charge in [0.05, 0.1) is 12.4 Å². The topological polar surface area (TPSA) is 61.8 Å². The monoisotopic (exact) mass is 477 g/mol. The van der Waals surface area contributed by atoms with Crippen LogP contribution in [0.1, 0.15) is 37.9 Å². The molecule has 0 aliphatic carbocycles. The number of hydrogen-bond acceptors (Lipinski definition) is 6. The zero-order valence-corrected chi connectivity index (χ0v) is 19.4.